The summed E-state index contributed by atoms with van der Waals surface area (Å²) < 4.78 is 19.2. The van der Waals surface area contributed by atoms with E-state index < -0.39 is 17.6 Å². The van der Waals surface area contributed by atoms with Gasteiger partial charge >= 0.3 is 6.09 Å². The Balaban J connectivity index is 1.23. The fourth-order valence-electron chi connectivity index (χ4n) is 5.65. The monoisotopic (exact) mass is 513 g/mol. The van der Waals surface area contributed by atoms with E-state index in [1.165, 1.54) is 12.1 Å². The van der Waals surface area contributed by atoms with Gasteiger partial charge in [0.1, 0.15) is 12.4 Å². The molecule has 2 atom stereocenters. The predicted octanol–water partition coefficient (Wildman–Crippen LogP) is 4.84. The van der Waals surface area contributed by atoms with Crippen molar-refractivity contribution in [3.63, 3.8) is 0 Å². The lowest BCUT2D eigenvalue weighted by Crippen LogP contribution is -2.47. The van der Waals surface area contributed by atoms with Crippen LogP contribution in [-0.2, 0) is 32.9 Å². The molecule has 1 aliphatic heterocycles. The van der Waals surface area contributed by atoms with Gasteiger partial charge in [0.15, 0.2) is 0 Å². The van der Waals surface area contributed by atoms with Crippen LogP contribution in [0, 0.1) is 11.7 Å². The fraction of sp³-hybridized carbons (Fsp3) is 0.333. The van der Waals surface area contributed by atoms with Crippen molar-refractivity contribution in [3.05, 3.63) is 89.4 Å². The number of carbonyl (C=O) groups excluding carboxylic acids is 3. The average Bonchev–Trinajstić information content (AvgIpc) is 3.68. The topological polar surface area (TPSA) is 79.8 Å². The minimum atomic E-state index is -1.40. The van der Waals surface area contributed by atoms with Crippen molar-refractivity contribution in [2.45, 2.75) is 50.8 Å². The van der Waals surface area contributed by atoms with Crippen LogP contribution in [0.25, 0.3) is 11.3 Å². The molecule has 2 fully saturated rings. The van der Waals surface area contributed by atoms with Gasteiger partial charge in [-0.05, 0) is 73.6 Å². The van der Waals surface area contributed by atoms with E-state index in [0.29, 0.717) is 24.3 Å². The Hall–Kier alpha value is -4.07. The van der Waals surface area contributed by atoms with Crippen molar-refractivity contribution in [3.8, 4) is 11.3 Å². The normalized spacial score (nSPS) is 20.9. The van der Waals surface area contributed by atoms with Crippen molar-refractivity contribution in [2.75, 3.05) is 6.54 Å². The zero-order chi connectivity index (χ0) is 26.4. The Morgan fingerprint density at radius 3 is 2.66 bits per heavy atom. The number of amides is 3. The molecule has 2 aromatic carbocycles. The number of fused-ring (bicyclic) bond motifs is 2. The number of aromatic nitrogens is 1. The van der Waals surface area contributed by atoms with Gasteiger partial charge < -0.3 is 9.64 Å². The Kier molecular flexibility index (Phi) is 5.97. The van der Waals surface area contributed by atoms with E-state index in [4.69, 9.17) is 4.74 Å². The lowest BCUT2D eigenvalue weighted by atomic mass is 9.93. The minimum Gasteiger partial charge on any atom is -0.427 e. The SMILES string of the molecule is C[C@@H](C1CC1)N(Cc1ccc(F)cc1)C(=O)CN1C(=O)O[C@@]2(CCc3cc(-c4ccccn4)ccc32)C1=O. The standard InChI is InChI=1S/C30H28FN3O4/c1-19(21-7-8-21)33(17-20-5-10-24(31)11-6-20)27(35)18-34-28(36)30(38-29(34)37)14-13-22-16-23(9-12-25(22)30)26-4-2-3-15-32-26/h2-6,9-12,15-16,19,21H,7-8,13-14,17-18H2,1H3/t19-,30+/m0/s1. The van der Waals surface area contributed by atoms with Crippen LogP contribution < -0.4 is 0 Å². The number of hydrogen-bond donors (Lipinski definition) is 0. The van der Waals surface area contributed by atoms with E-state index in [-0.39, 0.29) is 30.9 Å². The molecule has 7 nitrogen and oxygen atoms in total. The van der Waals surface area contributed by atoms with Gasteiger partial charge in [0.25, 0.3) is 5.91 Å². The number of ether oxygens (including phenoxy) is 1. The number of pyridine rings is 1. The second-order valence-corrected chi connectivity index (χ2v) is 10.4. The van der Waals surface area contributed by atoms with Gasteiger partial charge in [0.2, 0.25) is 11.5 Å². The van der Waals surface area contributed by atoms with Gasteiger partial charge in [-0.2, -0.15) is 0 Å². The highest BCUT2D eigenvalue weighted by Crippen LogP contribution is 2.46. The van der Waals surface area contributed by atoms with Crippen molar-refractivity contribution in [1.82, 2.24) is 14.8 Å². The molecule has 0 radical (unpaired) electrons. The summed E-state index contributed by atoms with van der Waals surface area (Å²) in [6.07, 6.45) is 3.89. The molecule has 3 aromatic rings. The van der Waals surface area contributed by atoms with Gasteiger partial charge in [0.05, 0.1) is 5.69 Å². The largest absolute Gasteiger partial charge is 0.427 e. The number of carbonyl (C=O) groups is 3. The number of benzene rings is 2. The molecule has 1 spiro atoms. The molecule has 1 aromatic heterocycles. The van der Waals surface area contributed by atoms with Crippen LogP contribution in [0.1, 0.15) is 42.9 Å². The third-order valence-electron chi connectivity index (χ3n) is 8.00. The molecular weight excluding hydrogens is 485 g/mol. The molecule has 6 rings (SSSR count). The minimum absolute atomic E-state index is 0.0625. The first-order chi connectivity index (χ1) is 18.4. The highest BCUT2D eigenvalue weighted by atomic mass is 19.1. The molecule has 1 saturated carbocycles. The molecule has 194 valence electrons. The summed E-state index contributed by atoms with van der Waals surface area (Å²) in [6.45, 7) is 1.87. The first-order valence-corrected chi connectivity index (χ1v) is 13.0. The number of rotatable bonds is 7. The van der Waals surface area contributed by atoms with Crippen LogP contribution >= 0.6 is 0 Å². The van der Waals surface area contributed by atoms with E-state index in [1.807, 2.05) is 43.3 Å². The maximum atomic E-state index is 13.7. The molecule has 3 aliphatic rings. The van der Waals surface area contributed by atoms with Crippen LogP contribution in [0.3, 0.4) is 0 Å². The predicted molar refractivity (Wildman–Crippen MR) is 137 cm³/mol. The summed E-state index contributed by atoms with van der Waals surface area (Å²) in [5.41, 5.74) is 2.73. The van der Waals surface area contributed by atoms with Crippen LogP contribution in [0.5, 0.6) is 0 Å². The zero-order valence-electron chi connectivity index (χ0n) is 21.1. The summed E-state index contributed by atoms with van der Waals surface area (Å²) in [7, 11) is 0. The molecule has 2 aliphatic carbocycles. The van der Waals surface area contributed by atoms with Crippen molar-refractivity contribution in [2.24, 2.45) is 5.92 Å². The van der Waals surface area contributed by atoms with E-state index >= 15 is 0 Å². The van der Waals surface area contributed by atoms with Gasteiger partial charge in [0, 0.05) is 36.3 Å². The van der Waals surface area contributed by atoms with Crippen molar-refractivity contribution >= 4 is 17.9 Å². The number of nitrogens with zero attached hydrogens (tertiary/aromatic N) is 3. The first-order valence-electron chi connectivity index (χ1n) is 13.0. The number of halogens is 1. The van der Waals surface area contributed by atoms with Gasteiger partial charge in [-0.15, -0.1) is 0 Å². The highest BCUT2D eigenvalue weighted by molar-refractivity contribution is 6.06. The van der Waals surface area contributed by atoms with Crippen LogP contribution in [0.2, 0.25) is 0 Å². The van der Waals surface area contributed by atoms with Crippen LogP contribution in [0.15, 0.2) is 66.9 Å². The molecule has 8 heteroatoms. The maximum absolute atomic E-state index is 13.7. The Morgan fingerprint density at radius 1 is 1.16 bits per heavy atom. The van der Waals surface area contributed by atoms with E-state index in [1.54, 1.807) is 23.2 Å². The van der Waals surface area contributed by atoms with E-state index in [0.717, 1.165) is 40.1 Å². The highest BCUT2D eigenvalue weighted by Gasteiger charge is 2.58. The summed E-state index contributed by atoms with van der Waals surface area (Å²) in [4.78, 5) is 47.2. The van der Waals surface area contributed by atoms with E-state index in [9.17, 15) is 18.8 Å². The molecule has 38 heavy (non-hydrogen) atoms. The summed E-state index contributed by atoms with van der Waals surface area (Å²) in [5, 5.41) is 0. The molecule has 2 heterocycles. The summed E-state index contributed by atoms with van der Waals surface area (Å²) >= 11 is 0. The quantitative estimate of drug-likeness (QED) is 0.452. The second-order valence-electron chi connectivity index (χ2n) is 10.4. The van der Waals surface area contributed by atoms with Gasteiger partial charge in [-0.1, -0.05) is 30.3 Å². The van der Waals surface area contributed by atoms with Crippen LogP contribution in [0.4, 0.5) is 9.18 Å². The molecule has 1 saturated heterocycles. The third-order valence-corrected chi connectivity index (χ3v) is 8.00. The number of hydrogen-bond acceptors (Lipinski definition) is 5. The third kappa shape index (κ3) is 4.23. The molecule has 0 bridgehead atoms. The summed E-state index contributed by atoms with van der Waals surface area (Å²) in [6, 6.07) is 17.3. The Labute approximate surface area is 220 Å². The fourth-order valence-corrected chi connectivity index (χ4v) is 5.65. The van der Waals surface area contributed by atoms with Crippen molar-refractivity contribution < 1.29 is 23.5 Å². The Bertz CT molecular complexity index is 1410. The maximum Gasteiger partial charge on any atom is 0.418 e. The first kappa shape index (κ1) is 24.3. The Morgan fingerprint density at radius 2 is 1.95 bits per heavy atom. The van der Waals surface area contributed by atoms with Gasteiger partial charge in [-0.3, -0.25) is 14.6 Å². The zero-order valence-corrected chi connectivity index (χ0v) is 21.1. The van der Waals surface area contributed by atoms with Crippen molar-refractivity contribution in [1.29, 1.82) is 0 Å². The molecule has 3 amide bonds. The van der Waals surface area contributed by atoms with Gasteiger partial charge in [-0.25, -0.2) is 14.1 Å². The second kappa shape index (κ2) is 9.35. The summed E-state index contributed by atoms with van der Waals surface area (Å²) in [5.74, 6) is -0.802. The molecular formula is C30H28FN3O4. The number of aryl methyl sites for hydroxylation is 1. The lowest BCUT2D eigenvalue weighted by Gasteiger charge is -2.30. The molecule has 0 N–H and O–H groups in total. The smallest absolute Gasteiger partial charge is 0.418 e. The van der Waals surface area contributed by atoms with Crippen LogP contribution in [-0.4, -0.2) is 45.3 Å². The van der Waals surface area contributed by atoms with E-state index in [2.05, 4.69) is 4.98 Å². The lowest BCUT2D eigenvalue weighted by molar-refractivity contribution is -0.143. The number of imide groups is 1. The average molecular weight is 514 g/mol. The molecule has 0 unspecified atom stereocenters.